The molecule has 1 amide bonds. The quantitative estimate of drug-likeness (QED) is 0.567. The van der Waals surface area contributed by atoms with Crippen LogP contribution in [0.25, 0.3) is 0 Å². The third-order valence-electron chi connectivity index (χ3n) is 3.87. The van der Waals surface area contributed by atoms with Crippen molar-refractivity contribution in [1.82, 2.24) is 0 Å². The molecule has 0 heterocycles. The van der Waals surface area contributed by atoms with Crippen LogP contribution < -0.4 is 10.0 Å². The number of nitrogens with one attached hydrogen (secondary N) is 2. The van der Waals surface area contributed by atoms with E-state index in [2.05, 4.69) is 10.0 Å². The number of aryl methyl sites for hydroxylation is 1. The monoisotopic (exact) mass is 434 g/mol. The van der Waals surface area contributed by atoms with Gasteiger partial charge in [-0.3, -0.25) is 9.52 Å². The highest BCUT2D eigenvalue weighted by molar-refractivity contribution is 7.92. The third-order valence-corrected chi connectivity index (χ3v) is 5.81. The van der Waals surface area contributed by atoms with Gasteiger partial charge in [-0.1, -0.05) is 35.3 Å². The van der Waals surface area contributed by atoms with Crippen LogP contribution in [-0.2, 0) is 10.0 Å². The molecular formula is C20H16Cl2N2O3S. The molecule has 0 aliphatic rings. The predicted octanol–water partition coefficient (Wildman–Crippen LogP) is 5.35. The Bertz CT molecular complexity index is 1130. The standard InChI is InChI=1S/C20H16Cl2N2O3S/c1-13-5-10-18(19(22)11-13)20(25)23-15-6-8-17(9-7-15)28(26,27)24-16-4-2-3-14(21)12-16/h2-12,24H,1H3,(H,23,25). The van der Waals surface area contributed by atoms with Gasteiger partial charge in [0.1, 0.15) is 0 Å². The van der Waals surface area contributed by atoms with E-state index < -0.39 is 10.0 Å². The lowest BCUT2D eigenvalue weighted by molar-refractivity contribution is 0.102. The van der Waals surface area contributed by atoms with Crippen molar-refractivity contribution < 1.29 is 13.2 Å². The minimum atomic E-state index is -3.78. The summed E-state index contributed by atoms with van der Waals surface area (Å²) in [5.74, 6) is -0.377. The van der Waals surface area contributed by atoms with E-state index in [4.69, 9.17) is 23.2 Å². The fourth-order valence-electron chi connectivity index (χ4n) is 2.49. The molecule has 28 heavy (non-hydrogen) atoms. The molecule has 0 fully saturated rings. The van der Waals surface area contributed by atoms with Crippen molar-refractivity contribution in [2.24, 2.45) is 0 Å². The predicted molar refractivity (Wildman–Crippen MR) is 113 cm³/mol. The number of hydrogen-bond acceptors (Lipinski definition) is 3. The van der Waals surface area contributed by atoms with Crippen molar-refractivity contribution >= 4 is 50.5 Å². The summed E-state index contributed by atoms with van der Waals surface area (Å²) >= 11 is 12.0. The Morgan fingerprint density at radius 3 is 2.25 bits per heavy atom. The zero-order chi connectivity index (χ0) is 20.3. The lowest BCUT2D eigenvalue weighted by Crippen LogP contribution is -2.14. The van der Waals surface area contributed by atoms with E-state index in [1.54, 1.807) is 36.4 Å². The highest BCUT2D eigenvalue weighted by Crippen LogP contribution is 2.22. The van der Waals surface area contributed by atoms with Gasteiger partial charge in [-0.25, -0.2) is 8.42 Å². The maximum Gasteiger partial charge on any atom is 0.261 e. The molecule has 144 valence electrons. The fourth-order valence-corrected chi connectivity index (χ4v) is 4.05. The molecule has 0 saturated heterocycles. The van der Waals surface area contributed by atoms with E-state index in [1.165, 1.54) is 30.3 Å². The molecule has 0 unspecified atom stereocenters. The molecule has 0 saturated carbocycles. The SMILES string of the molecule is Cc1ccc(C(=O)Nc2ccc(S(=O)(=O)Nc3cccc(Cl)c3)cc2)c(Cl)c1. The molecule has 3 aromatic carbocycles. The van der Waals surface area contributed by atoms with E-state index in [1.807, 2.05) is 6.92 Å². The topological polar surface area (TPSA) is 75.3 Å². The number of carbonyl (C=O) groups excluding carboxylic acids is 1. The van der Waals surface area contributed by atoms with Gasteiger partial charge in [0, 0.05) is 10.7 Å². The Balaban J connectivity index is 1.74. The van der Waals surface area contributed by atoms with Gasteiger partial charge in [0.15, 0.2) is 0 Å². The summed E-state index contributed by atoms with van der Waals surface area (Å²) < 4.78 is 27.4. The van der Waals surface area contributed by atoms with E-state index >= 15 is 0 Å². The molecule has 3 rings (SSSR count). The Kier molecular flexibility index (Phi) is 5.93. The van der Waals surface area contributed by atoms with E-state index in [0.717, 1.165) is 5.56 Å². The summed E-state index contributed by atoms with van der Waals surface area (Å²) in [5.41, 5.74) is 2.09. The molecule has 5 nitrogen and oxygen atoms in total. The van der Waals surface area contributed by atoms with Crippen LogP contribution in [0.15, 0.2) is 71.6 Å². The van der Waals surface area contributed by atoms with Crippen LogP contribution in [0.1, 0.15) is 15.9 Å². The average molecular weight is 435 g/mol. The number of amides is 1. The van der Waals surface area contributed by atoms with E-state index in [-0.39, 0.29) is 10.8 Å². The Labute approximate surface area is 173 Å². The van der Waals surface area contributed by atoms with Gasteiger partial charge in [0.25, 0.3) is 15.9 Å². The number of halogens is 2. The minimum absolute atomic E-state index is 0.0545. The number of anilines is 2. The summed E-state index contributed by atoms with van der Waals surface area (Å²) in [6.07, 6.45) is 0. The van der Waals surface area contributed by atoms with Crippen molar-refractivity contribution in [3.05, 3.63) is 87.9 Å². The van der Waals surface area contributed by atoms with Gasteiger partial charge >= 0.3 is 0 Å². The first-order valence-corrected chi connectivity index (χ1v) is 10.4. The molecule has 2 N–H and O–H groups in total. The van der Waals surface area contributed by atoms with Crippen LogP contribution in [-0.4, -0.2) is 14.3 Å². The number of rotatable bonds is 5. The third kappa shape index (κ3) is 4.84. The molecule has 0 aliphatic carbocycles. The van der Waals surface area contributed by atoms with Gasteiger partial charge in [0.05, 0.1) is 21.2 Å². The van der Waals surface area contributed by atoms with Crippen LogP contribution in [0.3, 0.4) is 0 Å². The minimum Gasteiger partial charge on any atom is -0.322 e. The molecule has 0 atom stereocenters. The zero-order valence-corrected chi connectivity index (χ0v) is 17.1. The van der Waals surface area contributed by atoms with E-state index in [9.17, 15) is 13.2 Å². The van der Waals surface area contributed by atoms with Gasteiger partial charge in [-0.2, -0.15) is 0 Å². The Morgan fingerprint density at radius 2 is 1.61 bits per heavy atom. The number of sulfonamides is 1. The molecule has 8 heteroatoms. The number of carbonyl (C=O) groups is 1. The lowest BCUT2D eigenvalue weighted by Gasteiger charge is -2.10. The summed E-state index contributed by atoms with van der Waals surface area (Å²) in [5, 5.41) is 3.47. The van der Waals surface area contributed by atoms with Crippen LogP contribution in [0.5, 0.6) is 0 Å². The van der Waals surface area contributed by atoms with Crippen molar-refractivity contribution in [2.45, 2.75) is 11.8 Å². The summed E-state index contributed by atoms with van der Waals surface area (Å²) in [4.78, 5) is 12.4. The second kappa shape index (κ2) is 8.22. The molecule has 0 bridgehead atoms. The van der Waals surface area contributed by atoms with E-state index in [0.29, 0.717) is 27.0 Å². The highest BCUT2D eigenvalue weighted by Gasteiger charge is 2.15. The first-order chi connectivity index (χ1) is 13.2. The average Bonchev–Trinajstić information content (AvgIpc) is 2.61. The van der Waals surface area contributed by atoms with Crippen molar-refractivity contribution in [1.29, 1.82) is 0 Å². The van der Waals surface area contributed by atoms with Gasteiger partial charge in [0.2, 0.25) is 0 Å². The maximum absolute atomic E-state index is 12.5. The lowest BCUT2D eigenvalue weighted by atomic mass is 10.1. The Hall–Kier alpha value is -2.54. The van der Waals surface area contributed by atoms with Crippen LogP contribution >= 0.6 is 23.2 Å². The normalized spacial score (nSPS) is 11.1. The molecule has 3 aromatic rings. The molecular weight excluding hydrogens is 419 g/mol. The fraction of sp³-hybridized carbons (Fsp3) is 0.0500. The second-order valence-corrected chi connectivity index (χ2v) is 8.60. The van der Waals surface area contributed by atoms with Crippen LogP contribution in [0.2, 0.25) is 10.0 Å². The number of hydrogen-bond donors (Lipinski definition) is 2. The molecule has 0 aliphatic heterocycles. The molecule has 0 spiro atoms. The highest BCUT2D eigenvalue weighted by atomic mass is 35.5. The first kappa shape index (κ1) is 20.2. The molecule has 0 radical (unpaired) electrons. The smallest absolute Gasteiger partial charge is 0.261 e. The number of benzene rings is 3. The molecule has 0 aromatic heterocycles. The summed E-state index contributed by atoms with van der Waals surface area (Å²) in [7, 11) is -3.78. The first-order valence-electron chi connectivity index (χ1n) is 8.20. The van der Waals surface area contributed by atoms with Crippen LogP contribution in [0.4, 0.5) is 11.4 Å². The van der Waals surface area contributed by atoms with Gasteiger partial charge in [-0.05, 0) is 67.1 Å². The zero-order valence-electron chi connectivity index (χ0n) is 14.7. The second-order valence-electron chi connectivity index (χ2n) is 6.08. The van der Waals surface area contributed by atoms with Gasteiger partial charge < -0.3 is 5.32 Å². The van der Waals surface area contributed by atoms with Crippen molar-refractivity contribution in [3.63, 3.8) is 0 Å². The van der Waals surface area contributed by atoms with Crippen molar-refractivity contribution in [3.8, 4) is 0 Å². The largest absolute Gasteiger partial charge is 0.322 e. The maximum atomic E-state index is 12.5. The Morgan fingerprint density at radius 1 is 0.893 bits per heavy atom. The summed E-state index contributed by atoms with van der Waals surface area (Å²) in [6, 6.07) is 17.4. The van der Waals surface area contributed by atoms with Gasteiger partial charge in [-0.15, -0.1) is 0 Å². The van der Waals surface area contributed by atoms with Crippen molar-refractivity contribution in [2.75, 3.05) is 10.0 Å². The summed E-state index contributed by atoms with van der Waals surface area (Å²) in [6.45, 7) is 1.88. The van der Waals surface area contributed by atoms with Crippen LogP contribution in [0, 0.1) is 6.92 Å².